The second-order valence-corrected chi connectivity index (χ2v) is 41.0. The summed E-state index contributed by atoms with van der Waals surface area (Å²) in [7, 11) is -1.92. The first-order valence-corrected chi connectivity index (χ1v) is 52.8. The molecule has 0 radical (unpaired) electrons. The van der Waals surface area contributed by atoms with Crippen molar-refractivity contribution < 1.29 is 9.47 Å². The molecule has 2 aliphatic heterocycles. The van der Waals surface area contributed by atoms with Crippen molar-refractivity contribution in [2.75, 3.05) is 13.2 Å². The molecule has 11 heteroatoms. The Hall–Kier alpha value is -6.38. The Labute approximate surface area is 707 Å². The number of hydrogen-bond donors (Lipinski definition) is 2. The summed E-state index contributed by atoms with van der Waals surface area (Å²) >= 11 is 0. The highest BCUT2D eigenvalue weighted by atomic mass is 28.3. The van der Waals surface area contributed by atoms with E-state index in [9.17, 15) is 0 Å². The number of benzene rings is 4. The predicted molar refractivity (Wildman–Crippen MR) is 505 cm³/mol. The van der Waals surface area contributed by atoms with Crippen LogP contribution in [0.3, 0.4) is 0 Å². The Bertz CT molecular complexity index is 4260. The van der Waals surface area contributed by atoms with Crippen LogP contribution in [0.1, 0.15) is 428 Å². The number of nitrogens with one attached hydrogen (secondary N) is 2. The summed E-state index contributed by atoms with van der Waals surface area (Å²) in [6.45, 7) is 26.5. The summed E-state index contributed by atoms with van der Waals surface area (Å²) in [5.41, 5.74) is 20.1. The van der Waals surface area contributed by atoms with E-state index in [2.05, 4.69) is 139 Å². The van der Waals surface area contributed by atoms with Crippen molar-refractivity contribution >= 4 is 52.2 Å². The third-order valence-electron chi connectivity index (χ3n) is 24.9. The lowest BCUT2D eigenvalue weighted by atomic mass is 9.91. The number of unbranched alkanes of at least 4 members (excludes halogenated alkanes) is 44. The van der Waals surface area contributed by atoms with Gasteiger partial charge in [0, 0.05) is 39.1 Å². The molecule has 8 bridgehead atoms. The second-order valence-electron chi connectivity index (χ2n) is 36.3. The van der Waals surface area contributed by atoms with Crippen molar-refractivity contribution in [3.05, 3.63) is 81.4 Å². The van der Waals surface area contributed by atoms with Gasteiger partial charge in [-0.1, -0.05) is 400 Å². The molecule has 0 saturated heterocycles. The van der Waals surface area contributed by atoms with E-state index in [1.165, 1.54) is 314 Å². The summed E-state index contributed by atoms with van der Waals surface area (Å²) in [6, 6.07) is 17.0. The molecule has 0 fully saturated rings. The molecule has 638 valence electrons. The average Bonchev–Trinajstić information content (AvgIpc) is 1.57. The molecule has 7 aromatic rings. The number of ether oxygens (including phenoxy) is 2. The zero-order chi connectivity index (χ0) is 81.8. The van der Waals surface area contributed by atoms with Crippen LogP contribution in [0.15, 0.2) is 42.5 Å². The number of hydrogen-bond acceptors (Lipinski definition) is 8. The van der Waals surface area contributed by atoms with Gasteiger partial charge in [-0.05, 0) is 123 Å². The average molecular weight is 1600 g/mol. The fraction of sp³-hybridized carbons (Fsp3) is 0.676. The summed E-state index contributed by atoms with van der Waals surface area (Å²) in [4.78, 5) is 44.8. The van der Waals surface area contributed by atoms with Gasteiger partial charge in [0.1, 0.15) is 42.2 Å². The van der Waals surface area contributed by atoms with Gasteiger partial charge in [-0.3, -0.25) is 0 Å². The number of aromatic nitrogens is 8. The maximum absolute atomic E-state index is 7.31. The highest BCUT2D eigenvalue weighted by Crippen LogP contribution is 2.47. The van der Waals surface area contributed by atoms with E-state index in [-0.39, 0.29) is 0 Å². The Kier molecular flexibility index (Phi) is 43.0. The number of aromatic amines is 2. The van der Waals surface area contributed by atoms with E-state index in [0.29, 0.717) is 36.2 Å². The highest BCUT2D eigenvalue weighted by molar-refractivity contribution is 6.83. The van der Waals surface area contributed by atoms with Gasteiger partial charge in [0.05, 0.1) is 29.5 Å². The van der Waals surface area contributed by atoms with E-state index < -0.39 is 8.07 Å². The van der Waals surface area contributed by atoms with Gasteiger partial charge in [-0.2, -0.15) is 0 Å². The van der Waals surface area contributed by atoms with Gasteiger partial charge >= 0.3 is 0 Å². The van der Waals surface area contributed by atoms with Crippen LogP contribution in [0.25, 0.3) is 89.7 Å². The number of nitrogens with zero attached hydrogens (tertiary/aromatic N) is 6. The minimum absolute atomic E-state index is 0.531. The molecule has 2 aliphatic rings. The second kappa shape index (κ2) is 53.3. The third kappa shape index (κ3) is 29.2. The molecule has 5 heterocycles. The minimum Gasteiger partial charge on any atom is -0.493 e. The first-order chi connectivity index (χ1) is 57.0. The van der Waals surface area contributed by atoms with Crippen LogP contribution >= 0.6 is 0 Å². The molecule has 0 atom stereocenters. The van der Waals surface area contributed by atoms with Crippen LogP contribution in [-0.2, 0) is 38.5 Å². The van der Waals surface area contributed by atoms with Gasteiger partial charge in [-0.25, -0.2) is 29.9 Å². The van der Waals surface area contributed by atoms with Gasteiger partial charge in [0.2, 0.25) is 0 Å². The smallest absolute Gasteiger partial charge is 0.165 e. The topological polar surface area (TPSA) is 127 Å². The lowest BCUT2D eigenvalue weighted by molar-refractivity contribution is 0.306. The highest BCUT2D eigenvalue weighted by Gasteiger charge is 2.31. The summed E-state index contributed by atoms with van der Waals surface area (Å²) in [6.07, 6.45) is 70.2. The summed E-state index contributed by atoms with van der Waals surface area (Å²) in [5.74, 6) is 8.09. The number of fused-ring (bicyclic) bond motifs is 20. The van der Waals surface area contributed by atoms with Gasteiger partial charge in [0.15, 0.2) is 23.3 Å². The number of aryl methyl sites for hydroxylation is 6. The fourth-order valence-electron chi connectivity index (χ4n) is 17.9. The third-order valence-corrected chi connectivity index (χ3v) is 25.7. The van der Waals surface area contributed by atoms with Crippen LogP contribution in [0.2, 0.25) is 19.6 Å². The molecule has 9 rings (SSSR count). The molecule has 0 aliphatic carbocycles. The molecule has 0 spiro atoms. The molecular weight excluding hydrogens is 1430 g/mol. The lowest BCUT2D eigenvalue weighted by Crippen LogP contribution is -2.16. The fourth-order valence-corrected chi connectivity index (χ4v) is 18.4. The normalized spacial score (nSPS) is 12.0. The van der Waals surface area contributed by atoms with Crippen LogP contribution in [0, 0.1) is 11.5 Å². The Morgan fingerprint density at radius 1 is 0.267 bits per heavy atom. The van der Waals surface area contributed by atoms with Crippen molar-refractivity contribution in [2.45, 2.75) is 447 Å². The quantitative estimate of drug-likeness (QED) is 0.0219. The van der Waals surface area contributed by atoms with E-state index in [1.807, 2.05) is 0 Å². The Morgan fingerprint density at radius 3 is 0.793 bits per heavy atom. The Balaban J connectivity index is 1.43. The van der Waals surface area contributed by atoms with Gasteiger partial charge in [0.25, 0.3) is 0 Å². The summed E-state index contributed by atoms with van der Waals surface area (Å²) in [5, 5.41) is 4.08. The van der Waals surface area contributed by atoms with Crippen LogP contribution in [-0.4, -0.2) is 61.2 Å². The van der Waals surface area contributed by atoms with Crippen LogP contribution in [0.5, 0.6) is 11.5 Å². The van der Waals surface area contributed by atoms with Gasteiger partial charge < -0.3 is 19.4 Å². The molecule has 0 unspecified atom stereocenters. The number of rotatable bonds is 62. The van der Waals surface area contributed by atoms with Crippen molar-refractivity contribution in [1.82, 2.24) is 39.9 Å². The monoisotopic (exact) mass is 1600 g/mol. The molecule has 3 aromatic heterocycles. The molecule has 4 aromatic carbocycles. The van der Waals surface area contributed by atoms with Crippen molar-refractivity contribution in [3.63, 3.8) is 0 Å². The van der Waals surface area contributed by atoms with E-state index in [1.54, 1.807) is 0 Å². The zero-order valence-corrected chi connectivity index (χ0v) is 77.0. The molecule has 0 amide bonds. The van der Waals surface area contributed by atoms with Crippen LogP contribution in [0.4, 0.5) is 0 Å². The molecule has 10 nitrogen and oxygen atoms in total. The molecule has 0 saturated carbocycles. The van der Waals surface area contributed by atoms with Crippen molar-refractivity contribution in [2.24, 2.45) is 0 Å². The SMILES string of the molecule is CCCCCCCCCCc1ccc(CCCCCCCCCC)c2c1-c1nc-2nc2[nH]c(nc3nc(nc4[nH]c(n1)c1c(CCCCCCCCCC)ccc(CCCCCCCCCC)c41)-c1c(CCCCCCCCCC)ccc(CCCCCCCCCC)c1-3)c1c(OCCCC)c(C#C[Si](C)(C)C)cc(OCCCC)c21. The summed E-state index contributed by atoms with van der Waals surface area (Å²) < 4.78 is 14.5. The molecule has 116 heavy (non-hydrogen) atoms. The van der Waals surface area contributed by atoms with E-state index >= 15 is 0 Å². The Morgan fingerprint density at radius 2 is 0.509 bits per heavy atom. The molecule has 2 N–H and O–H groups in total. The lowest BCUT2D eigenvalue weighted by Gasteiger charge is -2.15. The van der Waals surface area contributed by atoms with E-state index in [0.717, 1.165) is 176 Å². The van der Waals surface area contributed by atoms with E-state index in [4.69, 9.17) is 39.4 Å². The zero-order valence-electron chi connectivity index (χ0n) is 76.0. The molecular formula is C105H162N8O2Si. The minimum atomic E-state index is -1.92. The largest absolute Gasteiger partial charge is 0.493 e. The van der Waals surface area contributed by atoms with Crippen molar-refractivity contribution in [3.8, 4) is 68.5 Å². The van der Waals surface area contributed by atoms with Gasteiger partial charge in [-0.15, -0.1) is 5.54 Å². The number of H-pyrrole nitrogens is 2. The predicted octanol–water partition coefficient (Wildman–Crippen LogP) is 32.6. The maximum Gasteiger partial charge on any atom is 0.165 e. The first kappa shape index (κ1) is 93.5. The standard InChI is InChI=1S/C105H162N8O2Si/c1-12-20-28-34-40-46-52-58-64-81-70-71-82(65-59-53-47-41-35-29-21-13-2)90-89(81)98-106-99(90)108-101-92-84(67-61-55-49-43-37-31-23-15-4)73-75-86(69-63-57-51-45-39-33-25-17-6)94(92)103(110-101)112-105-96-95(88(114-77-26-18-7)80-87(76-79-116(9,10)11)97(96)115-78-27-19-8)104(113-105)111-102-93-85(68-62-56-50-44-38-32-24-16-5)74-72-83(91(93)100(107-98)109-102)66-60-54-48-42-36-30-22-14-3/h70-75,80H,12-69,77-78H2,1-11H3,(H2,106,107,108,109,110,111,112,113). The van der Waals surface area contributed by atoms with Crippen molar-refractivity contribution in [1.29, 1.82) is 0 Å². The van der Waals surface area contributed by atoms with Crippen LogP contribution < -0.4 is 9.47 Å². The first-order valence-electron chi connectivity index (χ1n) is 49.3. The maximum atomic E-state index is 7.31.